The van der Waals surface area contributed by atoms with Crippen LogP contribution in [0.15, 0.2) is 59.5 Å². The number of carbonyl (C=O) groups excluding carboxylic acids is 2. The molecule has 0 radical (unpaired) electrons. The number of carbonyl (C=O) groups is 2. The Labute approximate surface area is 175 Å². The van der Waals surface area contributed by atoms with Gasteiger partial charge in [0.15, 0.2) is 0 Å². The highest BCUT2D eigenvalue weighted by atomic mass is 32.2. The fraction of sp³-hybridized carbons (Fsp3) is 0.304. The molecule has 6 heteroatoms. The predicted octanol–water partition coefficient (Wildman–Crippen LogP) is 3.69. The number of piperidine rings is 1. The van der Waals surface area contributed by atoms with E-state index in [1.54, 1.807) is 0 Å². The van der Waals surface area contributed by atoms with Crippen molar-refractivity contribution in [3.63, 3.8) is 0 Å². The second-order valence-electron chi connectivity index (χ2n) is 7.15. The number of aliphatic hydroxyl groups is 1. The number of imide groups is 1. The number of amides is 2. The highest BCUT2D eigenvalue weighted by Gasteiger charge is 2.40. The van der Waals surface area contributed by atoms with E-state index in [4.69, 9.17) is 0 Å². The molecule has 1 N–H and O–H groups in total. The summed E-state index contributed by atoms with van der Waals surface area (Å²) in [5.74, 6) is -0.266. The smallest absolute Gasteiger partial charge is 0.272 e. The molecule has 0 saturated carbocycles. The summed E-state index contributed by atoms with van der Waals surface area (Å²) in [6, 6.07) is 16.9. The van der Waals surface area contributed by atoms with Gasteiger partial charge in [-0.3, -0.25) is 9.59 Å². The van der Waals surface area contributed by atoms with Crippen molar-refractivity contribution in [1.29, 1.82) is 0 Å². The molecule has 0 unspecified atom stereocenters. The largest absolute Gasteiger partial charge is 0.396 e. The van der Waals surface area contributed by atoms with E-state index in [0.717, 1.165) is 24.3 Å². The van der Waals surface area contributed by atoms with Crippen molar-refractivity contribution in [3.05, 3.63) is 65.1 Å². The van der Waals surface area contributed by atoms with Crippen molar-refractivity contribution in [1.82, 2.24) is 0 Å². The van der Waals surface area contributed by atoms with Gasteiger partial charge in [0, 0.05) is 24.5 Å². The summed E-state index contributed by atoms with van der Waals surface area (Å²) in [5.41, 5.74) is 2.83. The van der Waals surface area contributed by atoms with E-state index >= 15 is 0 Å². The third-order valence-electron chi connectivity index (χ3n) is 5.27. The molecule has 2 aliphatic rings. The second-order valence-corrected chi connectivity index (χ2v) is 8.26. The molecule has 0 aromatic heterocycles. The average Bonchev–Trinajstić information content (AvgIpc) is 3.03. The minimum atomic E-state index is -0.321. The molecule has 0 atom stereocenters. The minimum Gasteiger partial charge on any atom is -0.396 e. The Balaban J connectivity index is 1.63. The zero-order valence-corrected chi connectivity index (χ0v) is 17.0. The van der Waals surface area contributed by atoms with Crippen molar-refractivity contribution < 1.29 is 14.7 Å². The Morgan fingerprint density at radius 2 is 1.48 bits per heavy atom. The lowest BCUT2D eigenvalue weighted by Gasteiger charge is -2.29. The van der Waals surface area contributed by atoms with Gasteiger partial charge in [0.25, 0.3) is 11.8 Å². The lowest BCUT2D eigenvalue weighted by Crippen LogP contribution is -2.32. The summed E-state index contributed by atoms with van der Waals surface area (Å²) < 4.78 is 0. The topological polar surface area (TPSA) is 60.9 Å². The number of hydrogen-bond donors (Lipinski definition) is 1. The molecule has 2 aromatic carbocycles. The molecule has 2 heterocycles. The minimum absolute atomic E-state index is 0.0533. The number of rotatable bonds is 6. The van der Waals surface area contributed by atoms with E-state index in [0.29, 0.717) is 21.9 Å². The molecule has 150 valence electrons. The molecular weight excluding hydrogens is 384 g/mol. The Kier molecular flexibility index (Phi) is 6.02. The zero-order valence-electron chi connectivity index (χ0n) is 16.2. The molecule has 29 heavy (non-hydrogen) atoms. The summed E-state index contributed by atoms with van der Waals surface area (Å²) in [4.78, 5) is 30.4. The number of aliphatic hydroxyl groups excluding tert-OH is 1. The van der Waals surface area contributed by atoms with Crippen LogP contribution in [0.25, 0.3) is 5.57 Å². The molecular formula is C23H24N2O3S. The summed E-state index contributed by atoms with van der Waals surface area (Å²) in [5, 5.41) is 9.21. The Hall–Kier alpha value is -2.57. The van der Waals surface area contributed by atoms with E-state index < -0.39 is 0 Å². The lowest BCUT2D eigenvalue weighted by atomic mass is 10.1. The average molecular weight is 409 g/mol. The number of hydrogen-bond acceptors (Lipinski definition) is 5. The van der Waals surface area contributed by atoms with Gasteiger partial charge < -0.3 is 10.0 Å². The number of nitrogens with zero attached hydrogens (tertiary/aromatic N) is 2. The van der Waals surface area contributed by atoms with Crippen LogP contribution in [0.1, 0.15) is 24.8 Å². The van der Waals surface area contributed by atoms with E-state index in [1.807, 2.05) is 54.6 Å². The second kappa shape index (κ2) is 8.84. The molecule has 4 rings (SSSR count). The van der Waals surface area contributed by atoms with Gasteiger partial charge in [-0.15, -0.1) is 11.8 Å². The first kappa shape index (κ1) is 19.7. The molecule has 0 aliphatic carbocycles. The van der Waals surface area contributed by atoms with Crippen LogP contribution < -0.4 is 9.80 Å². The first-order valence-corrected chi connectivity index (χ1v) is 11.0. The quantitative estimate of drug-likeness (QED) is 0.739. The monoisotopic (exact) mass is 408 g/mol. The third kappa shape index (κ3) is 3.95. The van der Waals surface area contributed by atoms with Crippen LogP contribution in [0.4, 0.5) is 11.4 Å². The predicted molar refractivity (Wildman–Crippen MR) is 118 cm³/mol. The first-order valence-electron chi connectivity index (χ1n) is 9.98. The third-order valence-corrected chi connectivity index (χ3v) is 6.32. The molecule has 2 aromatic rings. The molecule has 2 aliphatic heterocycles. The molecule has 2 amide bonds. The van der Waals surface area contributed by atoms with Crippen LogP contribution in [0, 0.1) is 0 Å². The van der Waals surface area contributed by atoms with E-state index in [9.17, 15) is 14.7 Å². The number of thioether (sulfide) groups is 1. The normalized spacial score (nSPS) is 17.4. The summed E-state index contributed by atoms with van der Waals surface area (Å²) in [6.07, 6.45) is 3.66. The van der Waals surface area contributed by atoms with Crippen LogP contribution in [0.2, 0.25) is 0 Å². The molecule has 1 fully saturated rings. The van der Waals surface area contributed by atoms with Crippen LogP contribution in [0.3, 0.4) is 0 Å². The maximum atomic E-state index is 13.2. The van der Waals surface area contributed by atoms with Gasteiger partial charge in [0.05, 0.1) is 22.8 Å². The van der Waals surface area contributed by atoms with Gasteiger partial charge in [-0.2, -0.15) is 0 Å². The van der Waals surface area contributed by atoms with Crippen LogP contribution in [-0.2, 0) is 9.59 Å². The Morgan fingerprint density at radius 1 is 0.828 bits per heavy atom. The van der Waals surface area contributed by atoms with Crippen molar-refractivity contribution >= 4 is 40.5 Å². The summed E-state index contributed by atoms with van der Waals surface area (Å²) in [6.45, 7) is 2.04. The molecule has 0 spiro atoms. The van der Waals surface area contributed by atoms with E-state index in [-0.39, 0.29) is 18.4 Å². The summed E-state index contributed by atoms with van der Waals surface area (Å²) in [7, 11) is 0. The standard InChI is InChI=1S/C23H24N2O3S/c26-15-16-29-21-20(17-7-3-1-4-8-17)22(27)25(23(21)28)19-11-9-18(10-12-19)24-13-5-2-6-14-24/h1,3-4,7-12,26H,2,5-6,13-16H2. The van der Waals surface area contributed by atoms with Crippen molar-refractivity contribution in [2.45, 2.75) is 19.3 Å². The fourth-order valence-electron chi connectivity index (χ4n) is 3.85. The summed E-state index contributed by atoms with van der Waals surface area (Å²) >= 11 is 1.23. The maximum Gasteiger partial charge on any atom is 0.272 e. The Bertz CT molecular complexity index is 919. The first-order chi connectivity index (χ1) is 14.2. The van der Waals surface area contributed by atoms with Crippen LogP contribution in [-0.4, -0.2) is 42.4 Å². The fourth-order valence-corrected chi connectivity index (χ4v) is 4.71. The van der Waals surface area contributed by atoms with Crippen molar-refractivity contribution in [3.8, 4) is 0 Å². The molecule has 5 nitrogen and oxygen atoms in total. The van der Waals surface area contributed by atoms with Gasteiger partial charge in [0.2, 0.25) is 0 Å². The molecule has 1 saturated heterocycles. The number of benzene rings is 2. The van der Waals surface area contributed by atoms with E-state index in [2.05, 4.69) is 4.90 Å². The maximum absolute atomic E-state index is 13.2. The van der Waals surface area contributed by atoms with Gasteiger partial charge in [-0.25, -0.2) is 4.90 Å². The Morgan fingerprint density at radius 3 is 2.14 bits per heavy atom. The SMILES string of the molecule is O=C1C(SCCO)=C(c2ccccc2)C(=O)N1c1ccc(N2CCCCC2)cc1. The zero-order chi connectivity index (χ0) is 20.2. The van der Waals surface area contributed by atoms with Gasteiger partial charge in [0.1, 0.15) is 0 Å². The van der Waals surface area contributed by atoms with Gasteiger partial charge in [-0.1, -0.05) is 30.3 Å². The highest BCUT2D eigenvalue weighted by molar-refractivity contribution is 8.04. The number of anilines is 2. The highest BCUT2D eigenvalue weighted by Crippen LogP contribution is 2.38. The van der Waals surface area contributed by atoms with Gasteiger partial charge in [-0.05, 0) is 49.1 Å². The van der Waals surface area contributed by atoms with Crippen LogP contribution >= 0.6 is 11.8 Å². The van der Waals surface area contributed by atoms with Crippen molar-refractivity contribution in [2.24, 2.45) is 0 Å². The lowest BCUT2D eigenvalue weighted by molar-refractivity contribution is -0.119. The van der Waals surface area contributed by atoms with E-state index in [1.165, 1.54) is 35.9 Å². The van der Waals surface area contributed by atoms with Crippen LogP contribution in [0.5, 0.6) is 0 Å². The van der Waals surface area contributed by atoms with Crippen molar-refractivity contribution in [2.75, 3.05) is 35.2 Å². The molecule has 0 bridgehead atoms. The van der Waals surface area contributed by atoms with Gasteiger partial charge >= 0.3 is 0 Å².